The van der Waals surface area contributed by atoms with Crippen LogP contribution in [-0.2, 0) is 14.3 Å². The molecule has 0 aliphatic carbocycles. The Balaban J connectivity index is 1.59. The van der Waals surface area contributed by atoms with Gasteiger partial charge >= 0.3 is 5.97 Å². The summed E-state index contributed by atoms with van der Waals surface area (Å²) >= 11 is 0. The monoisotopic (exact) mass is 361 g/mol. The summed E-state index contributed by atoms with van der Waals surface area (Å²) in [5.41, 5.74) is 1.17. The van der Waals surface area contributed by atoms with Gasteiger partial charge in [0.15, 0.2) is 0 Å². The van der Waals surface area contributed by atoms with Crippen molar-refractivity contribution in [1.82, 2.24) is 4.90 Å². The second-order valence-electron chi connectivity index (χ2n) is 7.43. The summed E-state index contributed by atoms with van der Waals surface area (Å²) in [6, 6.07) is 19.4. The average molecular weight is 361 g/mol. The van der Waals surface area contributed by atoms with Crippen molar-refractivity contribution in [3.63, 3.8) is 0 Å². The Bertz CT molecular complexity index is 886. The standard InChI is InChI=1S/C22H19NO4/c24-20-18-17(21(25)26)16-11-12-22(18,27-16)13-23(20)19(14-7-3-1-4-8-14)15-9-5-2-6-10-15/h1-12,16-19H,13H2,(H,25,26)/t16-,17-,18+,22+/m1/s1. The summed E-state index contributed by atoms with van der Waals surface area (Å²) in [6.45, 7) is 0.363. The highest BCUT2D eigenvalue weighted by molar-refractivity contribution is 5.91. The molecule has 3 aliphatic heterocycles. The Hall–Kier alpha value is -2.92. The highest BCUT2D eigenvalue weighted by Gasteiger charge is 2.67. The Kier molecular flexibility index (Phi) is 3.49. The van der Waals surface area contributed by atoms with Crippen LogP contribution >= 0.6 is 0 Å². The van der Waals surface area contributed by atoms with Crippen LogP contribution in [0.5, 0.6) is 0 Å². The molecule has 0 unspecified atom stereocenters. The van der Waals surface area contributed by atoms with Gasteiger partial charge in [-0.05, 0) is 11.1 Å². The maximum atomic E-state index is 13.4. The van der Waals surface area contributed by atoms with Crippen molar-refractivity contribution in [2.45, 2.75) is 17.7 Å². The van der Waals surface area contributed by atoms with E-state index in [1.165, 1.54) is 0 Å². The van der Waals surface area contributed by atoms with E-state index < -0.39 is 29.5 Å². The quantitative estimate of drug-likeness (QED) is 0.850. The number of nitrogens with zero attached hydrogens (tertiary/aromatic N) is 1. The second-order valence-corrected chi connectivity index (χ2v) is 7.43. The molecule has 2 aromatic carbocycles. The molecule has 1 amide bonds. The zero-order valence-electron chi connectivity index (χ0n) is 14.6. The Morgan fingerprint density at radius 1 is 1.07 bits per heavy atom. The smallest absolute Gasteiger partial charge is 0.310 e. The molecular formula is C22H19NO4. The van der Waals surface area contributed by atoms with Crippen molar-refractivity contribution in [2.24, 2.45) is 11.8 Å². The number of carbonyl (C=O) groups excluding carboxylic acids is 1. The number of carbonyl (C=O) groups is 2. The molecule has 27 heavy (non-hydrogen) atoms. The van der Waals surface area contributed by atoms with E-state index in [4.69, 9.17) is 4.74 Å². The van der Waals surface area contributed by atoms with Crippen LogP contribution in [0.15, 0.2) is 72.8 Å². The van der Waals surface area contributed by atoms with E-state index in [2.05, 4.69) is 0 Å². The largest absolute Gasteiger partial charge is 0.481 e. The predicted octanol–water partition coefficient (Wildman–Crippen LogP) is 2.64. The number of ether oxygens (including phenoxy) is 1. The average Bonchev–Trinajstić information content (AvgIpc) is 3.32. The number of carboxylic acids is 1. The minimum Gasteiger partial charge on any atom is -0.481 e. The van der Waals surface area contributed by atoms with Crippen LogP contribution in [0.1, 0.15) is 17.2 Å². The van der Waals surface area contributed by atoms with Crippen LogP contribution in [0.2, 0.25) is 0 Å². The van der Waals surface area contributed by atoms with Gasteiger partial charge in [-0.3, -0.25) is 9.59 Å². The molecule has 2 aromatic rings. The summed E-state index contributed by atoms with van der Waals surface area (Å²) < 4.78 is 6.03. The predicted molar refractivity (Wildman–Crippen MR) is 97.8 cm³/mol. The fourth-order valence-electron chi connectivity index (χ4n) is 4.85. The van der Waals surface area contributed by atoms with Crippen molar-refractivity contribution in [3.05, 3.63) is 83.9 Å². The molecule has 3 aliphatic rings. The van der Waals surface area contributed by atoms with E-state index in [1.54, 1.807) is 11.0 Å². The summed E-state index contributed by atoms with van der Waals surface area (Å²) in [6.07, 6.45) is 3.18. The lowest BCUT2D eigenvalue weighted by Gasteiger charge is -2.31. The Morgan fingerprint density at radius 3 is 2.22 bits per heavy atom. The molecule has 2 bridgehead atoms. The minimum atomic E-state index is -0.970. The van der Waals surface area contributed by atoms with Gasteiger partial charge in [0.05, 0.1) is 24.6 Å². The van der Waals surface area contributed by atoms with E-state index in [0.717, 1.165) is 11.1 Å². The van der Waals surface area contributed by atoms with Gasteiger partial charge in [-0.2, -0.15) is 0 Å². The lowest BCUT2D eigenvalue weighted by atomic mass is 9.77. The number of likely N-dealkylation sites (tertiary alicyclic amines) is 1. The van der Waals surface area contributed by atoms with E-state index >= 15 is 0 Å². The van der Waals surface area contributed by atoms with Crippen LogP contribution < -0.4 is 0 Å². The third-order valence-electron chi connectivity index (χ3n) is 5.96. The molecule has 2 fully saturated rings. The molecule has 0 saturated carbocycles. The maximum Gasteiger partial charge on any atom is 0.310 e. The number of aliphatic carboxylic acids is 1. The Labute approximate surface area is 156 Å². The first-order valence-corrected chi connectivity index (χ1v) is 9.11. The van der Waals surface area contributed by atoms with Crippen molar-refractivity contribution < 1.29 is 19.4 Å². The molecule has 5 heteroatoms. The summed E-state index contributed by atoms with van der Waals surface area (Å²) in [5.74, 6) is -2.60. The van der Waals surface area contributed by atoms with Gasteiger partial charge in [-0.15, -0.1) is 0 Å². The fraction of sp³-hybridized carbons (Fsp3) is 0.273. The van der Waals surface area contributed by atoms with Gasteiger partial charge in [0, 0.05) is 0 Å². The molecule has 3 heterocycles. The molecule has 136 valence electrons. The first-order chi connectivity index (χ1) is 13.1. The van der Waals surface area contributed by atoms with Crippen LogP contribution in [0.4, 0.5) is 0 Å². The van der Waals surface area contributed by atoms with Crippen molar-refractivity contribution in [1.29, 1.82) is 0 Å². The molecule has 0 radical (unpaired) electrons. The molecule has 4 atom stereocenters. The molecule has 1 N–H and O–H groups in total. The summed E-state index contributed by atoms with van der Waals surface area (Å²) in [5, 5.41) is 9.67. The topological polar surface area (TPSA) is 66.8 Å². The van der Waals surface area contributed by atoms with Crippen LogP contribution in [-0.4, -0.2) is 40.1 Å². The first kappa shape index (κ1) is 16.3. The summed E-state index contributed by atoms with van der Waals surface area (Å²) in [4.78, 5) is 27.0. The number of fused-ring (bicyclic) bond motifs is 1. The maximum absolute atomic E-state index is 13.4. The van der Waals surface area contributed by atoms with Gasteiger partial charge in [0.25, 0.3) is 0 Å². The number of benzene rings is 2. The molecule has 5 rings (SSSR count). The van der Waals surface area contributed by atoms with Crippen molar-refractivity contribution in [2.75, 3.05) is 6.54 Å². The number of hydrogen-bond acceptors (Lipinski definition) is 3. The second kappa shape index (κ2) is 5.79. The van der Waals surface area contributed by atoms with Crippen molar-refractivity contribution in [3.8, 4) is 0 Å². The lowest BCUT2D eigenvalue weighted by molar-refractivity contribution is -0.148. The van der Waals surface area contributed by atoms with E-state index in [1.807, 2.05) is 66.7 Å². The third kappa shape index (κ3) is 2.28. The van der Waals surface area contributed by atoms with Crippen LogP contribution in [0.25, 0.3) is 0 Å². The van der Waals surface area contributed by atoms with Gasteiger partial charge in [0.2, 0.25) is 5.91 Å². The third-order valence-corrected chi connectivity index (χ3v) is 5.96. The minimum absolute atomic E-state index is 0.146. The highest BCUT2D eigenvalue weighted by atomic mass is 16.5. The number of hydrogen-bond donors (Lipinski definition) is 1. The molecule has 5 nitrogen and oxygen atoms in total. The molecule has 1 spiro atoms. The molecule has 2 saturated heterocycles. The molecule has 0 aromatic heterocycles. The number of amides is 1. The van der Waals surface area contributed by atoms with E-state index in [9.17, 15) is 14.7 Å². The lowest BCUT2D eigenvalue weighted by Crippen LogP contribution is -2.39. The number of rotatable bonds is 4. The highest BCUT2D eigenvalue weighted by Crippen LogP contribution is 2.53. The summed E-state index contributed by atoms with van der Waals surface area (Å²) in [7, 11) is 0. The Morgan fingerprint density at radius 2 is 1.67 bits per heavy atom. The zero-order valence-corrected chi connectivity index (χ0v) is 14.6. The van der Waals surface area contributed by atoms with Gasteiger partial charge in [-0.1, -0.05) is 72.8 Å². The van der Waals surface area contributed by atoms with Crippen molar-refractivity contribution >= 4 is 11.9 Å². The van der Waals surface area contributed by atoms with E-state index in [-0.39, 0.29) is 11.9 Å². The van der Waals surface area contributed by atoms with Gasteiger partial charge < -0.3 is 14.7 Å². The van der Waals surface area contributed by atoms with Crippen LogP contribution in [0, 0.1) is 11.8 Å². The SMILES string of the molecule is O=C(O)[C@H]1[C@H]2C(=O)N(C(c3ccccc3)c3ccccc3)C[C@@]23C=C[C@H]1O3. The van der Waals surface area contributed by atoms with Crippen LogP contribution in [0.3, 0.4) is 0 Å². The molecular weight excluding hydrogens is 342 g/mol. The zero-order chi connectivity index (χ0) is 18.6. The van der Waals surface area contributed by atoms with E-state index in [0.29, 0.717) is 6.54 Å². The normalized spacial score (nSPS) is 30.9. The number of carboxylic acid groups (broad SMARTS) is 1. The fourth-order valence-corrected chi connectivity index (χ4v) is 4.85. The first-order valence-electron chi connectivity index (χ1n) is 9.11. The van der Waals surface area contributed by atoms with Gasteiger partial charge in [-0.25, -0.2) is 0 Å². The van der Waals surface area contributed by atoms with Gasteiger partial charge in [0.1, 0.15) is 11.5 Å².